The molecule has 114 valence electrons. The van der Waals surface area contributed by atoms with E-state index in [0.717, 1.165) is 0 Å². The molecule has 0 aromatic heterocycles. The molecule has 2 aromatic rings. The Balaban J connectivity index is 1.80. The molecule has 0 bridgehead atoms. The summed E-state index contributed by atoms with van der Waals surface area (Å²) in [5.41, 5.74) is 0.647. The molecular weight excluding hydrogens is 296 g/mol. The van der Waals surface area contributed by atoms with E-state index in [0.29, 0.717) is 29.5 Å². The first-order chi connectivity index (χ1) is 11.0. The fourth-order valence-corrected chi connectivity index (χ4v) is 3.25. The molecule has 0 atom stereocenters. The van der Waals surface area contributed by atoms with Crippen LogP contribution in [0.5, 0.6) is 0 Å². The second-order valence-electron chi connectivity index (χ2n) is 5.83. The number of hydrogen-bond donors (Lipinski definition) is 0. The average Bonchev–Trinajstić information content (AvgIpc) is 3.32. The summed E-state index contributed by atoms with van der Waals surface area (Å²) in [5, 5.41) is 11.0. The number of imide groups is 1. The Hall–Kier alpha value is -3.02. The van der Waals surface area contributed by atoms with Crippen molar-refractivity contribution in [3.8, 4) is 0 Å². The minimum atomic E-state index is -0.751. The normalized spacial score (nSPS) is 18.0. The van der Waals surface area contributed by atoms with E-state index in [2.05, 4.69) is 0 Å². The summed E-state index contributed by atoms with van der Waals surface area (Å²) in [7, 11) is 0. The smallest absolute Gasteiger partial charge is 0.269 e. The number of carbonyl (C=O) groups is 2. The van der Waals surface area contributed by atoms with Gasteiger partial charge in [-0.3, -0.25) is 24.6 Å². The molecule has 2 amide bonds. The van der Waals surface area contributed by atoms with Gasteiger partial charge in [0.1, 0.15) is 0 Å². The highest BCUT2D eigenvalue weighted by Crippen LogP contribution is 2.54. The van der Waals surface area contributed by atoms with Crippen molar-refractivity contribution in [3.63, 3.8) is 0 Å². The van der Waals surface area contributed by atoms with Crippen molar-refractivity contribution in [2.45, 2.75) is 18.4 Å². The van der Waals surface area contributed by atoms with Crippen LogP contribution in [0, 0.1) is 10.1 Å². The predicted molar refractivity (Wildman–Crippen MR) is 81.0 cm³/mol. The maximum absolute atomic E-state index is 12.7. The maximum Gasteiger partial charge on any atom is 0.269 e. The molecule has 6 heteroatoms. The lowest BCUT2D eigenvalue weighted by molar-refractivity contribution is -0.385. The highest BCUT2D eigenvalue weighted by molar-refractivity contribution is 6.22. The molecule has 0 saturated heterocycles. The summed E-state index contributed by atoms with van der Waals surface area (Å²) in [4.78, 5) is 37.1. The van der Waals surface area contributed by atoms with E-state index in [1.165, 1.54) is 17.0 Å². The van der Waals surface area contributed by atoms with Crippen LogP contribution in [0.3, 0.4) is 0 Å². The van der Waals surface area contributed by atoms with Crippen molar-refractivity contribution in [1.29, 1.82) is 0 Å². The van der Waals surface area contributed by atoms with E-state index in [9.17, 15) is 19.7 Å². The maximum atomic E-state index is 12.7. The van der Waals surface area contributed by atoms with Crippen LogP contribution in [-0.2, 0) is 5.54 Å². The molecule has 1 saturated carbocycles. The molecule has 0 unspecified atom stereocenters. The van der Waals surface area contributed by atoms with E-state index in [4.69, 9.17) is 0 Å². The number of nitro benzene ring substituents is 1. The zero-order chi connectivity index (χ0) is 16.2. The Morgan fingerprint density at radius 3 is 2.09 bits per heavy atom. The lowest BCUT2D eigenvalue weighted by atomic mass is 10.0. The summed E-state index contributed by atoms with van der Waals surface area (Å²) in [5.74, 6) is -0.649. The van der Waals surface area contributed by atoms with Crippen LogP contribution in [0.2, 0.25) is 0 Å². The van der Waals surface area contributed by atoms with Crippen molar-refractivity contribution < 1.29 is 14.5 Å². The van der Waals surface area contributed by atoms with Crippen molar-refractivity contribution in [3.05, 3.63) is 75.3 Å². The minimum absolute atomic E-state index is 0.0367. The molecule has 2 aliphatic rings. The number of nitrogens with zero attached hydrogens (tertiary/aromatic N) is 2. The number of carbonyl (C=O) groups excluding carboxylic acids is 2. The third-order valence-electron chi connectivity index (χ3n) is 4.54. The van der Waals surface area contributed by atoms with Crippen LogP contribution in [0.4, 0.5) is 5.69 Å². The average molecular weight is 308 g/mol. The van der Waals surface area contributed by atoms with Crippen molar-refractivity contribution >= 4 is 17.5 Å². The lowest BCUT2D eigenvalue weighted by Gasteiger charge is -2.26. The third-order valence-corrected chi connectivity index (χ3v) is 4.54. The van der Waals surface area contributed by atoms with Crippen molar-refractivity contribution in [2.75, 3.05) is 0 Å². The Bertz CT molecular complexity index is 835. The van der Waals surface area contributed by atoms with Crippen LogP contribution >= 0.6 is 0 Å². The standard InChI is InChI=1S/C17H12N2O4/c20-15-13-6-1-2-7-14(13)16(21)18(15)17(8-9-17)11-4-3-5-12(10-11)19(22)23/h1-7,10H,8-9H2. The molecule has 23 heavy (non-hydrogen) atoms. The number of amides is 2. The van der Waals surface area contributed by atoms with E-state index in [1.54, 1.807) is 36.4 Å². The summed E-state index contributed by atoms with van der Waals surface area (Å²) in [6.07, 6.45) is 1.25. The number of hydrogen-bond acceptors (Lipinski definition) is 4. The number of nitro groups is 1. The van der Waals surface area contributed by atoms with Crippen LogP contribution in [0.25, 0.3) is 0 Å². The molecule has 6 nitrogen and oxygen atoms in total. The Morgan fingerprint density at radius 1 is 0.957 bits per heavy atom. The highest BCUT2D eigenvalue weighted by Gasteiger charge is 2.57. The third kappa shape index (κ3) is 1.81. The van der Waals surface area contributed by atoms with Gasteiger partial charge in [0.15, 0.2) is 0 Å². The molecule has 1 fully saturated rings. The zero-order valence-corrected chi connectivity index (χ0v) is 12.1. The molecule has 0 spiro atoms. The second-order valence-corrected chi connectivity index (χ2v) is 5.83. The van der Waals surface area contributed by atoms with Gasteiger partial charge >= 0.3 is 0 Å². The number of non-ortho nitro benzene ring substituents is 1. The summed E-state index contributed by atoms with van der Waals surface area (Å²) in [6, 6.07) is 12.9. The quantitative estimate of drug-likeness (QED) is 0.496. The van der Waals surface area contributed by atoms with Crippen molar-refractivity contribution in [2.24, 2.45) is 0 Å². The topological polar surface area (TPSA) is 80.5 Å². The molecule has 1 heterocycles. The van der Waals surface area contributed by atoms with E-state index < -0.39 is 10.5 Å². The molecule has 0 N–H and O–H groups in total. The Morgan fingerprint density at radius 2 is 1.57 bits per heavy atom. The van der Waals surface area contributed by atoms with Gasteiger partial charge in [-0.25, -0.2) is 0 Å². The molecule has 2 aromatic carbocycles. The largest absolute Gasteiger partial charge is 0.269 e. The van der Waals surface area contributed by atoms with Crippen LogP contribution in [0.1, 0.15) is 39.1 Å². The fourth-order valence-electron chi connectivity index (χ4n) is 3.25. The van der Waals surface area contributed by atoms with Gasteiger partial charge < -0.3 is 0 Å². The fraction of sp³-hybridized carbons (Fsp3) is 0.176. The minimum Gasteiger partial charge on any atom is -0.269 e. The number of fused-ring (bicyclic) bond motifs is 1. The first-order valence-electron chi connectivity index (χ1n) is 7.27. The van der Waals surface area contributed by atoms with E-state index >= 15 is 0 Å². The van der Waals surface area contributed by atoms with Crippen LogP contribution in [-0.4, -0.2) is 21.6 Å². The van der Waals surface area contributed by atoms with Gasteiger partial charge in [-0.1, -0.05) is 24.3 Å². The molecule has 4 rings (SSSR count). The van der Waals surface area contributed by atoms with Gasteiger partial charge in [0.2, 0.25) is 0 Å². The lowest BCUT2D eigenvalue weighted by Crippen LogP contribution is -2.40. The molecular formula is C17H12N2O4. The highest BCUT2D eigenvalue weighted by atomic mass is 16.6. The van der Waals surface area contributed by atoms with E-state index in [1.807, 2.05) is 0 Å². The molecule has 0 radical (unpaired) electrons. The number of benzene rings is 2. The van der Waals surface area contributed by atoms with Gasteiger partial charge in [0.25, 0.3) is 17.5 Å². The summed E-state index contributed by atoms with van der Waals surface area (Å²) < 4.78 is 0. The van der Waals surface area contributed by atoms with Gasteiger partial charge in [0.05, 0.1) is 21.6 Å². The van der Waals surface area contributed by atoms with E-state index in [-0.39, 0.29) is 17.5 Å². The molecule has 1 aliphatic heterocycles. The SMILES string of the molecule is O=C1c2ccccc2C(=O)N1C1(c2cccc([N+](=O)[O-])c2)CC1. The van der Waals surface area contributed by atoms with Crippen LogP contribution < -0.4 is 0 Å². The van der Waals surface area contributed by atoms with Gasteiger partial charge in [-0.15, -0.1) is 0 Å². The van der Waals surface area contributed by atoms with Gasteiger partial charge in [-0.2, -0.15) is 0 Å². The Kier molecular flexibility index (Phi) is 2.66. The first-order valence-corrected chi connectivity index (χ1v) is 7.27. The Labute approximate surface area is 131 Å². The predicted octanol–water partition coefficient (Wildman–Crippen LogP) is 2.88. The first kappa shape index (κ1) is 13.6. The van der Waals surface area contributed by atoms with Crippen molar-refractivity contribution in [1.82, 2.24) is 4.90 Å². The summed E-state index contributed by atoms with van der Waals surface area (Å²) in [6.45, 7) is 0. The molecule has 1 aliphatic carbocycles. The van der Waals surface area contributed by atoms with Gasteiger partial charge in [0, 0.05) is 12.1 Å². The summed E-state index contributed by atoms with van der Waals surface area (Å²) >= 11 is 0. The number of rotatable bonds is 3. The van der Waals surface area contributed by atoms with Gasteiger partial charge in [-0.05, 0) is 30.5 Å². The zero-order valence-electron chi connectivity index (χ0n) is 12.1. The van der Waals surface area contributed by atoms with Crippen LogP contribution in [0.15, 0.2) is 48.5 Å². The second kappa shape index (κ2) is 4.49. The monoisotopic (exact) mass is 308 g/mol.